The van der Waals surface area contributed by atoms with Gasteiger partial charge in [-0.3, -0.25) is 0 Å². The van der Waals surface area contributed by atoms with Crippen molar-refractivity contribution in [3.8, 4) is 23.7 Å². The number of hydrogen-bond acceptors (Lipinski definition) is 1. The van der Waals surface area contributed by atoms with Crippen LogP contribution in [0.1, 0.15) is 103 Å². The van der Waals surface area contributed by atoms with Gasteiger partial charge >= 0.3 is 5.97 Å². The van der Waals surface area contributed by atoms with Gasteiger partial charge in [-0.25, -0.2) is 4.79 Å². The number of rotatable bonds is 15. The van der Waals surface area contributed by atoms with Crippen LogP contribution in [0.25, 0.3) is 0 Å². The molecule has 0 saturated carbocycles. The van der Waals surface area contributed by atoms with Crippen molar-refractivity contribution in [2.75, 3.05) is 0 Å². The number of carboxylic acids is 1. The van der Waals surface area contributed by atoms with Crippen LogP contribution in [0.4, 0.5) is 0 Å². The molecule has 0 aromatic heterocycles. The Morgan fingerprint density at radius 3 is 1.84 bits per heavy atom. The van der Waals surface area contributed by atoms with Gasteiger partial charge in [0.05, 0.1) is 0 Å². The third-order valence-corrected chi connectivity index (χ3v) is 4.13. The van der Waals surface area contributed by atoms with Gasteiger partial charge in [-0.15, -0.1) is 0 Å². The molecule has 140 valence electrons. The molecule has 0 aliphatic rings. The maximum absolute atomic E-state index is 10.1. The second-order valence-electron chi connectivity index (χ2n) is 6.54. The highest BCUT2D eigenvalue weighted by Gasteiger charge is 1.91. The maximum Gasteiger partial charge on any atom is 0.382 e. The van der Waals surface area contributed by atoms with Gasteiger partial charge in [0.25, 0.3) is 0 Å². The zero-order valence-electron chi connectivity index (χ0n) is 16.1. The van der Waals surface area contributed by atoms with Gasteiger partial charge in [-0.1, -0.05) is 82.8 Å². The summed E-state index contributed by atoms with van der Waals surface area (Å²) in [6.45, 7) is 2.27. The Morgan fingerprint density at radius 2 is 1.28 bits per heavy atom. The van der Waals surface area contributed by atoms with Crippen LogP contribution in [-0.4, -0.2) is 11.1 Å². The molecular weight excluding hydrogens is 308 g/mol. The zero-order valence-corrected chi connectivity index (χ0v) is 16.1. The second-order valence-corrected chi connectivity index (χ2v) is 6.54. The molecular formula is C23H36O2. The van der Waals surface area contributed by atoms with E-state index in [0.717, 1.165) is 12.8 Å². The Kier molecular flexibility index (Phi) is 19.0. The molecule has 0 bridgehead atoms. The molecule has 0 aromatic rings. The van der Waals surface area contributed by atoms with Crippen LogP contribution >= 0.6 is 0 Å². The molecule has 0 radical (unpaired) electrons. The van der Waals surface area contributed by atoms with Crippen LogP contribution in [-0.2, 0) is 4.79 Å². The molecule has 0 saturated heterocycles. The number of unbranched alkanes of at least 4 members (excludes halogenated alkanes) is 13. The Hall–Kier alpha value is -1.67. The summed E-state index contributed by atoms with van der Waals surface area (Å²) in [5.74, 6) is 8.64. The van der Waals surface area contributed by atoms with Crippen molar-refractivity contribution in [1.82, 2.24) is 0 Å². The number of hydrogen-bond donors (Lipinski definition) is 1. The van der Waals surface area contributed by atoms with Gasteiger partial charge in [-0.2, -0.15) is 0 Å². The summed E-state index contributed by atoms with van der Waals surface area (Å²) < 4.78 is 0. The van der Waals surface area contributed by atoms with Crippen molar-refractivity contribution >= 4 is 5.97 Å². The smallest absolute Gasteiger partial charge is 0.382 e. The topological polar surface area (TPSA) is 37.3 Å². The summed E-state index contributed by atoms with van der Waals surface area (Å²) in [4.78, 5) is 10.1. The monoisotopic (exact) mass is 344 g/mol. The van der Waals surface area contributed by atoms with E-state index in [4.69, 9.17) is 5.11 Å². The Morgan fingerprint density at radius 1 is 0.760 bits per heavy atom. The van der Waals surface area contributed by atoms with Crippen LogP contribution < -0.4 is 0 Å². The minimum Gasteiger partial charge on any atom is -0.472 e. The van der Waals surface area contributed by atoms with Crippen molar-refractivity contribution in [1.29, 1.82) is 0 Å². The minimum atomic E-state index is -1.12. The van der Waals surface area contributed by atoms with E-state index >= 15 is 0 Å². The molecule has 1 N–H and O–H groups in total. The van der Waals surface area contributed by atoms with Gasteiger partial charge < -0.3 is 5.11 Å². The standard InChI is InChI=1S/C23H36O2/c1-2-3-4-5-6-7-8-9-10-11-12-13-14-15-16-17-18-19-20-21-22-23(24)25/h11-12H,2-10,13-18H2,1H3,(H,24,25). The summed E-state index contributed by atoms with van der Waals surface area (Å²) in [6.07, 6.45) is 23.8. The average Bonchev–Trinajstić information content (AvgIpc) is 2.60. The quantitative estimate of drug-likeness (QED) is 0.209. The fraction of sp³-hybridized carbons (Fsp3) is 0.696. The highest BCUT2D eigenvalue weighted by molar-refractivity contribution is 5.87. The van der Waals surface area contributed by atoms with E-state index in [2.05, 4.69) is 36.8 Å². The Bertz CT molecular complexity index is 454. The van der Waals surface area contributed by atoms with Gasteiger partial charge in [0, 0.05) is 12.3 Å². The molecule has 0 heterocycles. The lowest BCUT2D eigenvalue weighted by Gasteiger charge is -2.00. The molecule has 0 aliphatic heterocycles. The SMILES string of the molecule is CCCCCCCCCCC=CCCCCCCC#CC#CC(=O)O. The van der Waals surface area contributed by atoms with E-state index in [1.165, 1.54) is 83.5 Å². The lowest BCUT2D eigenvalue weighted by Crippen LogP contribution is -1.85. The number of allylic oxidation sites excluding steroid dienone is 2. The van der Waals surface area contributed by atoms with E-state index in [0.29, 0.717) is 0 Å². The molecule has 0 rings (SSSR count). The Labute approximate surface area is 155 Å². The van der Waals surface area contributed by atoms with E-state index in [-0.39, 0.29) is 0 Å². The van der Waals surface area contributed by atoms with Gasteiger partial charge in [0.2, 0.25) is 0 Å². The van der Waals surface area contributed by atoms with Crippen LogP contribution in [0.5, 0.6) is 0 Å². The van der Waals surface area contributed by atoms with Gasteiger partial charge in [0.1, 0.15) is 0 Å². The van der Waals surface area contributed by atoms with Crippen LogP contribution in [0.15, 0.2) is 12.2 Å². The normalized spacial score (nSPS) is 10.1. The highest BCUT2D eigenvalue weighted by atomic mass is 16.4. The predicted octanol–water partition coefficient (Wildman–Crippen LogP) is 6.51. The first-order valence-electron chi connectivity index (χ1n) is 10.1. The second kappa shape index (κ2) is 20.4. The first-order valence-corrected chi connectivity index (χ1v) is 10.1. The minimum absolute atomic E-state index is 0.808. The summed E-state index contributed by atoms with van der Waals surface area (Å²) in [6, 6.07) is 0. The van der Waals surface area contributed by atoms with E-state index in [1.54, 1.807) is 0 Å². The fourth-order valence-corrected chi connectivity index (χ4v) is 2.65. The summed E-state index contributed by atoms with van der Waals surface area (Å²) >= 11 is 0. The van der Waals surface area contributed by atoms with Crippen molar-refractivity contribution in [3.05, 3.63) is 12.2 Å². The molecule has 2 heteroatoms. The first-order chi connectivity index (χ1) is 12.3. The Balaban J connectivity index is 3.23. The lowest BCUT2D eigenvalue weighted by atomic mass is 10.1. The van der Waals surface area contributed by atoms with Crippen LogP contribution in [0.3, 0.4) is 0 Å². The third-order valence-electron chi connectivity index (χ3n) is 4.13. The van der Waals surface area contributed by atoms with E-state index in [1.807, 2.05) is 5.92 Å². The molecule has 0 fully saturated rings. The summed E-state index contributed by atoms with van der Waals surface area (Å²) in [7, 11) is 0. The molecule has 0 spiro atoms. The molecule has 0 amide bonds. The fourth-order valence-electron chi connectivity index (χ4n) is 2.65. The molecule has 2 nitrogen and oxygen atoms in total. The van der Waals surface area contributed by atoms with Crippen molar-refractivity contribution in [2.45, 2.75) is 103 Å². The lowest BCUT2D eigenvalue weighted by molar-refractivity contribution is -0.130. The van der Waals surface area contributed by atoms with Crippen molar-refractivity contribution < 1.29 is 9.90 Å². The summed E-state index contributed by atoms with van der Waals surface area (Å²) in [5.41, 5.74) is 0. The molecule has 0 unspecified atom stereocenters. The predicted molar refractivity (Wildman–Crippen MR) is 107 cm³/mol. The van der Waals surface area contributed by atoms with Crippen molar-refractivity contribution in [3.63, 3.8) is 0 Å². The van der Waals surface area contributed by atoms with Crippen LogP contribution in [0, 0.1) is 23.7 Å². The first kappa shape index (κ1) is 23.3. The number of carbonyl (C=O) groups is 1. The van der Waals surface area contributed by atoms with E-state index < -0.39 is 5.97 Å². The molecule has 25 heavy (non-hydrogen) atoms. The number of aliphatic carboxylic acids is 1. The molecule has 0 aliphatic carbocycles. The number of carboxylic acid groups (broad SMARTS) is 1. The maximum atomic E-state index is 10.1. The molecule has 0 atom stereocenters. The zero-order chi connectivity index (χ0) is 18.4. The average molecular weight is 345 g/mol. The third kappa shape index (κ3) is 22.3. The van der Waals surface area contributed by atoms with Crippen LogP contribution in [0.2, 0.25) is 0 Å². The largest absolute Gasteiger partial charge is 0.472 e. The van der Waals surface area contributed by atoms with Gasteiger partial charge in [0.15, 0.2) is 0 Å². The highest BCUT2D eigenvalue weighted by Crippen LogP contribution is 2.10. The van der Waals surface area contributed by atoms with Crippen molar-refractivity contribution in [2.24, 2.45) is 0 Å². The van der Waals surface area contributed by atoms with Gasteiger partial charge in [-0.05, 0) is 43.9 Å². The van der Waals surface area contributed by atoms with E-state index in [9.17, 15) is 4.79 Å². The molecule has 0 aromatic carbocycles. The summed E-state index contributed by atoms with van der Waals surface area (Å²) in [5, 5.41) is 8.32.